The lowest BCUT2D eigenvalue weighted by molar-refractivity contribution is 0.417. The van der Waals surface area contributed by atoms with Gasteiger partial charge in [-0.2, -0.15) is 11.8 Å². The highest BCUT2D eigenvalue weighted by Gasteiger charge is 1.92. The number of rotatable bonds is 6. The van der Waals surface area contributed by atoms with Crippen molar-refractivity contribution < 1.29 is 0 Å². The van der Waals surface area contributed by atoms with E-state index in [0.29, 0.717) is 0 Å². The minimum atomic E-state index is 1.16. The van der Waals surface area contributed by atoms with Crippen LogP contribution in [0.25, 0.3) is 0 Å². The molecule has 0 spiro atoms. The summed E-state index contributed by atoms with van der Waals surface area (Å²) in [5.74, 6) is 2.41. The van der Waals surface area contributed by atoms with Gasteiger partial charge in [-0.25, -0.2) is 0 Å². The summed E-state index contributed by atoms with van der Waals surface area (Å²) in [5, 5.41) is 1.24. The van der Waals surface area contributed by atoms with E-state index in [4.69, 9.17) is 0 Å². The Morgan fingerprint density at radius 1 is 1.20 bits per heavy atom. The van der Waals surface area contributed by atoms with Crippen LogP contribution >= 0.6 is 23.5 Å². The van der Waals surface area contributed by atoms with Crippen molar-refractivity contribution in [2.45, 2.75) is 13.8 Å². The first-order valence-electron chi connectivity index (χ1n) is 3.65. The molecule has 3 heteroatoms. The standard InChI is InChI=1S/C7H17NS2/c1-4-8(3)6-10-7-9-5-2/h4-7H2,1-3H3. The molecule has 0 aliphatic carbocycles. The second kappa shape index (κ2) is 7.76. The zero-order valence-corrected chi connectivity index (χ0v) is 8.73. The molecule has 0 radical (unpaired) electrons. The van der Waals surface area contributed by atoms with Gasteiger partial charge in [0.2, 0.25) is 0 Å². The van der Waals surface area contributed by atoms with Crippen molar-refractivity contribution in [2.24, 2.45) is 0 Å². The predicted octanol–water partition coefficient (Wildman–Crippen LogP) is 2.34. The van der Waals surface area contributed by atoms with E-state index in [1.807, 2.05) is 23.5 Å². The van der Waals surface area contributed by atoms with Crippen molar-refractivity contribution in [2.75, 3.05) is 30.3 Å². The molecule has 1 nitrogen and oxygen atoms in total. The molecule has 0 heterocycles. The molecule has 0 unspecified atom stereocenters. The van der Waals surface area contributed by atoms with Crippen LogP contribution in [0.1, 0.15) is 13.8 Å². The van der Waals surface area contributed by atoms with Crippen LogP contribution in [0.2, 0.25) is 0 Å². The topological polar surface area (TPSA) is 3.24 Å². The van der Waals surface area contributed by atoms with Crippen molar-refractivity contribution in [3.05, 3.63) is 0 Å². The molecule has 0 saturated heterocycles. The average Bonchev–Trinajstić information content (AvgIpc) is 1.98. The molecule has 0 fully saturated rings. The van der Waals surface area contributed by atoms with E-state index in [0.717, 1.165) is 6.54 Å². The summed E-state index contributed by atoms with van der Waals surface area (Å²) in [5.41, 5.74) is 0. The van der Waals surface area contributed by atoms with Crippen molar-refractivity contribution in [1.29, 1.82) is 0 Å². The predicted molar refractivity (Wildman–Crippen MR) is 53.8 cm³/mol. The molecular weight excluding hydrogens is 162 g/mol. The molecule has 0 saturated carbocycles. The van der Waals surface area contributed by atoms with Crippen molar-refractivity contribution >= 4 is 23.5 Å². The van der Waals surface area contributed by atoms with Gasteiger partial charge in [0.15, 0.2) is 0 Å². The van der Waals surface area contributed by atoms with Crippen LogP contribution < -0.4 is 0 Å². The fraction of sp³-hybridized carbons (Fsp3) is 1.00. The van der Waals surface area contributed by atoms with Gasteiger partial charge in [0.25, 0.3) is 0 Å². The monoisotopic (exact) mass is 179 g/mol. The maximum absolute atomic E-state index is 2.32. The summed E-state index contributed by atoms with van der Waals surface area (Å²) in [6.45, 7) is 5.55. The minimum Gasteiger partial charge on any atom is -0.297 e. The summed E-state index contributed by atoms with van der Waals surface area (Å²) in [4.78, 5) is 2.32. The van der Waals surface area contributed by atoms with Gasteiger partial charge in [0, 0.05) is 11.0 Å². The first kappa shape index (κ1) is 10.7. The molecule has 0 bridgehead atoms. The highest BCUT2D eigenvalue weighted by atomic mass is 32.2. The molecule has 10 heavy (non-hydrogen) atoms. The molecule has 0 aromatic carbocycles. The highest BCUT2D eigenvalue weighted by Crippen LogP contribution is 2.11. The molecule has 0 rings (SSSR count). The van der Waals surface area contributed by atoms with Crippen LogP contribution in [0.5, 0.6) is 0 Å². The lowest BCUT2D eigenvalue weighted by Crippen LogP contribution is -2.16. The third-order valence-electron chi connectivity index (χ3n) is 1.22. The third kappa shape index (κ3) is 6.78. The average molecular weight is 179 g/mol. The normalized spacial score (nSPS) is 10.8. The second-order valence-corrected chi connectivity index (χ2v) is 4.71. The van der Waals surface area contributed by atoms with Crippen molar-refractivity contribution in [3.63, 3.8) is 0 Å². The first-order valence-corrected chi connectivity index (χ1v) is 5.96. The molecule has 0 N–H and O–H groups in total. The van der Waals surface area contributed by atoms with Crippen molar-refractivity contribution in [3.8, 4) is 0 Å². The third-order valence-corrected chi connectivity index (χ3v) is 3.59. The smallest absolute Gasteiger partial charge is 0.0449 e. The van der Waals surface area contributed by atoms with Gasteiger partial charge in [-0.15, -0.1) is 11.8 Å². The Morgan fingerprint density at radius 2 is 1.90 bits per heavy atom. The van der Waals surface area contributed by atoms with E-state index in [1.54, 1.807) is 0 Å². The highest BCUT2D eigenvalue weighted by molar-refractivity contribution is 8.15. The Balaban J connectivity index is 2.89. The summed E-state index contributed by atoms with van der Waals surface area (Å²) in [7, 11) is 2.16. The van der Waals surface area contributed by atoms with Gasteiger partial charge in [-0.1, -0.05) is 13.8 Å². The molecule has 0 aliphatic heterocycles. The lowest BCUT2D eigenvalue weighted by atomic mass is 10.7. The van der Waals surface area contributed by atoms with Crippen LogP contribution in [0, 0.1) is 0 Å². The van der Waals surface area contributed by atoms with E-state index in [1.165, 1.54) is 16.7 Å². The van der Waals surface area contributed by atoms with Crippen LogP contribution in [-0.4, -0.2) is 35.2 Å². The SMILES string of the molecule is CCSCSCN(C)CC. The molecule has 0 aromatic rings. The number of thioether (sulfide) groups is 2. The molecule has 62 valence electrons. The zero-order valence-electron chi connectivity index (χ0n) is 7.09. The first-order chi connectivity index (χ1) is 4.81. The van der Waals surface area contributed by atoms with E-state index in [2.05, 4.69) is 25.8 Å². The Labute approximate surface area is 72.9 Å². The molecule has 0 amide bonds. The van der Waals surface area contributed by atoms with E-state index < -0.39 is 0 Å². The second-order valence-electron chi connectivity index (χ2n) is 2.12. The van der Waals surface area contributed by atoms with E-state index in [9.17, 15) is 0 Å². The summed E-state index contributed by atoms with van der Waals surface area (Å²) >= 11 is 4.00. The van der Waals surface area contributed by atoms with E-state index in [-0.39, 0.29) is 0 Å². The quantitative estimate of drug-likeness (QED) is 0.455. The van der Waals surface area contributed by atoms with Gasteiger partial charge >= 0.3 is 0 Å². The van der Waals surface area contributed by atoms with Gasteiger partial charge in [-0.3, -0.25) is 4.90 Å². The fourth-order valence-electron chi connectivity index (χ4n) is 0.427. The van der Waals surface area contributed by atoms with Gasteiger partial charge < -0.3 is 0 Å². The Bertz CT molecular complexity index is 68.6. The van der Waals surface area contributed by atoms with Crippen LogP contribution in [0.3, 0.4) is 0 Å². The lowest BCUT2D eigenvalue weighted by Gasteiger charge is -2.11. The summed E-state index contributed by atoms with van der Waals surface area (Å²) in [6, 6.07) is 0. The fourth-order valence-corrected chi connectivity index (χ4v) is 2.36. The van der Waals surface area contributed by atoms with Crippen LogP contribution in [0.15, 0.2) is 0 Å². The zero-order chi connectivity index (χ0) is 7.82. The minimum absolute atomic E-state index is 1.16. The molecule has 0 aliphatic rings. The number of hydrogen-bond acceptors (Lipinski definition) is 3. The van der Waals surface area contributed by atoms with Crippen LogP contribution in [0.4, 0.5) is 0 Å². The Kier molecular flexibility index (Phi) is 8.28. The van der Waals surface area contributed by atoms with Gasteiger partial charge in [0.05, 0.1) is 0 Å². The summed E-state index contributed by atoms with van der Waals surface area (Å²) < 4.78 is 0. The van der Waals surface area contributed by atoms with Crippen LogP contribution in [-0.2, 0) is 0 Å². The van der Waals surface area contributed by atoms with Gasteiger partial charge in [-0.05, 0) is 19.3 Å². The van der Waals surface area contributed by atoms with Crippen molar-refractivity contribution in [1.82, 2.24) is 4.90 Å². The van der Waals surface area contributed by atoms with Gasteiger partial charge in [0.1, 0.15) is 0 Å². The molecular formula is C7H17NS2. The number of hydrogen-bond donors (Lipinski definition) is 0. The maximum Gasteiger partial charge on any atom is 0.0449 e. The largest absolute Gasteiger partial charge is 0.297 e. The maximum atomic E-state index is 2.32. The Morgan fingerprint density at radius 3 is 2.40 bits per heavy atom. The molecule has 0 atom stereocenters. The van der Waals surface area contributed by atoms with E-state index >= 15 is 0 Å². The summed E-state index contributed by atoms with van der Waals surface area (Å²) in [6.07, 6.45) is 0. The molecule has 0 aromatic heterocycles. The Hall–Kier alpha value is 0.660. The number of nitrogens with zero attached hydrogens (tertiary/aromatic N) is 1.